The predicted octanol–water partition coefficient (Wildman–Crippen LogP) is 2.40. The maximum atomic E-state index is 12.2. The molecule has 1 fully saturated rings. The Bertz CT molecular complexity index is 692. The zero-order valence-electron chi connectivity index (χ0n) is 14.6. The molecule has 0 atom stereocenters. The molecule has 7 heteroatoms. The van der Waals surface area contributed by atoms with E-state index in [1.54, 1.807) is 13.2 Å². The third kappa shape index (κ3) is 3.67. The minimum Gasteiger partial charge on any atom is -0.496 e. The van der Waals surface area contributed by atoms with E-state index in [9.17, 15) is 14.4 Å². The topological polar surface area (TPSA) is 87.7 Å². The number of anilines is 2. The third-order valence-corrected chi connectivity index (χ3v) is 3.78. The van der Waals surface area contributed by atoms with Crippen molar-refractivity contribution < 1.29 is 19.1 Å². The van der Waals surface area contributed by atoms with Gasteiger partial charge in [0.1, 0.15) is 5.75 Å². The Kier molecular flexibility index (Phi) is 4.82. The van der Waals surface area contributed by atoms with Crippen molar-refractivity contribution >= 4 is 29.2 Å². The smallest absolute Gasteiger partial charge is 0.328 e. The Morgan fingerprint density at radius 1 is 1.29 bits per heavy atom. The van der Waals surface area contributed by atoms with Crippen LogP contribution in [0.5, 0.6) is 5.75 Å². The van der Waals surface area contributed by atoms with Crippen molar-refractivity contribution in [1.29, 1.82) is 0 Å². The molecule has 0 aromatic heterocycles. The summed E-state index contributed by atoms with van der Waals surface area (Å²) >= 11 is 0. The number of nitrogens with zero attached hydrogens (tertiary/aromatic N) is 1. The highest BCUT2D eigenvalue weighted by atomic mass is 16.5. The number of amides is 4. The standard InChI is InChI=1S/C17H23N3O4/c1-10(21)18-12-9-14(24-5)11(17(2,3)4)8-13(12)20-7-6-15(22)19-16(20)23/h8-9H,6-7H2,1-5H3,(H,18,21)(H,19,22,23). The SMILES string of the molecule is COc1cc(NC(C)=O)c(N2CCC(=O)NC2=O)cc1C(C)(C)C. The Morgan fingerprint density at radius 3 is 2.46 bits per heavy atom. The Balaban J connectivity index is 2.59. The molecule has 1 aromatic carbocycles. The van der Waals surface area contributed by atoms with Crippen molar-refractivity contribution in [3.05, 3.63) is 17.7 Å². The highest BCUT2D eigenvalue weighted by Crippen LogP contribution is 2.40. The van der Waals surface area contributed by atoms with Gasteiger partial charge in [0.05, 0.1) is 18.5 Å². The van der Waals surface area contributed by atoms with Gasteiger partial charge in [-0.1, -0.05) is 20.8 Å². The van der Waals surface area contributed by atoms with E-state index < -0.39 is 6.03 Å². The quantitative estimate of drug-likeness (QED) is 0.889. The number of carbonyl (C=O) groups excluding carboxylic acids is 3. The number of nitrogens with one attached hydrogen (secondary N) is 2. The van der Waals surface area contributed by atoms with E-state index in [2.05, 4.69) is 10.6 Å². The molecular weight excluding hydrogens is 310 g/mol. The minimum atomic E-state index is -0.497. The van der Waals surface area contributed by atoms with Gasteiger partial charge < -0.3 is 10.1 Å². The highest BCUT2D eigenvalue weighted by molar-refractivity contribution is 6.08. The molecular formula is C17H23N3O4. The summed E-state index contributed by atoms with van der Waals surface area (Å²) < 4.78 is 5.46. The lowest BCUT2D eigenvalue weighted by Gasteiger charge is -2.31. The molecule has 1 saturated heterocycles. The largest absolute Gasteiger partial charge is 0.496 e. The number of hydrogen-bond acceptors (Lipinski definition) is 4. The first kappa shape index (κ1) is 17.8. The van der Waals surface area contributed by atoms with E-state index in [4.69, 9.17) is 4.74 Å². The van der Waals surface area contributed by atoms with Crippen LogP contribution in [-0.4, -0.2) is 31.5 Å². The number of methoxy groups -OCH3 is 1. The Hall–Kier alpha value is -2.57. The van der Waals surface area contributed by atoms with Crippen LogP contribution in [0.25, 0.3) is 0 Å². The fourth-order valence-electron chi connectivity index (χ4n) is 2.63. The number of imide groups is 1. The highest BCUT2D eigenvalue weighted by Gasteiger charge is 2.29. The van der Waals surface area contributed by atoms with Crippen molar-refractivity contribution in [2.24, 2.45) is 0 Å². The number of urea groups is 1. The van der Waals surface area contributed by atoms with Gasteiger partial charge in [-0.25, -0.2) is 4.79 Å². The second-order valence-corrected chi connectivity index (χ2v) is 6.76. The van der Waals surface area contributed by atoms with Crippen LogP contribution >= 0.6 is 0 Å². The molecule has 0 saturated carbocycles. The summed E-state index contributed by atoms with van der Waals surface area (Å²) in [6.45, 7) is 7.76. The molecule has 1 aromatic rings. The van der Waals surface area contributed by atoms with Gasteiger partial charge in [0.25, 0.3) is 0 Å². The second-order valence-electron chi connectivity index (χ2n) is 6.76. The molecule has 1 aliphatic rings. The number of hydrogen-bond donors (Lipinski definition) is 2. The van der Waals surface area contributed by atoms with Gasteiger partial charge in [-0.15, -0.1) is 0 Å². The lowest BCUT2D eigenvalue weighted by Crippen LogP contribution is -2.49. The fraction of sp³-hybridized carbons (Fsp3) is 0.471. The fourth-order valence-corrected chi connectivity index (χ4v) is 2.63. The second kappa shape index (κ2) is 6.51. The van der Waals surface area contributed by atoms with Crippen LogP contribution in [-0.2, 0) is 15.0 Å². The van der Waals surface area contributed by atoms with Crippen LogP contribution in [0.3, 0.4) is 0 Å². The first-order chi connectivity index (χ1) is 11.1. The van der Waals surface area contributed by atoms with Crippen LogP contribution in [0.1, 0.15) is 39.7 Å². The summed E-state index contributed by atoms with van der Waals surface area (Å²) in [6.07, 6.45) is 0.210. The van der Waals surface area contributed by atoms with Crippen molar-refractivity contribution in [2.45, 2.75) is 39.5 Å². The number of carbonyl (C=O) groups is 3. The maximum Gasteiger partial charge on any atom is 0.328 e. The van der Waals surface area contributed by atoms with Gasteiger partial charge in [-0.3, -0.25) is 19.8 Å². The molecule has 4 amide bonds. The number of ether oxygens (including phenoxy) is 1. The third-order valence-electron chi connectivity index (χ3n) is 3.78. The molecule has 24 heavy (non-hydrogen) atoms. The average Bonchev–Trinajstić information content (AvgIpc) is 2.45. The molecule has 7 nitrogen and oxygen atoms in total. The van der Waals surface area contributed by atoms with E-state index in [-0.39, 0.29) is 30.2 Å². The Morgan fingerprint density at radius 2 is 1.96 bits per heavy atom. The molecule has 0 bridgehead atoms. The Labute approximate surface area is 141 Å². The van der Waals surface area contributed by atoms with Gasteiger partial charge in [-0.2, -0.15) is 0 Å². The van der Waals surface area contributed by atoms with E-state index in [0.717, 1.165) is 5.56 Å². The van der Waals surface area contributed by atoms with Crippen LogP contribution in [0.15, 0.2) is 12.1 Å². The molecule has 2 N–H and O–H groups in total. The zero-order chi connectivity index (χ0) is 18.1. The maximum absolute atomic E-state index is 12.2. The zero-order valence-corrected chi connectivity index (χ0v) is 14.6. The van der Waals surface area contributed by atoms with Crippen LogP contribution < -0.4 is 20.3 Å². The van der Waals surface area contributed by atoms with Gasteiger partial charge in [0.2, 0.25) is 11.8 Å². The summed E-state index contributed by atoms with van der Waals surface area (Å²) in [5.41, 5.74) is 1.69. The number of benzene rings is 1. The molecule has 0 spiro atoms. The first-order valence-electron chi connectivity index (χ1n) is 7.75. The van der Waals surface area contributed by atoms with Gasteiger partial charge in [0.15, 0.2) is 0 Å². The molecule has 2 rings (SSSR count). The van der Waals surface area contributed by atoms with Crippen molar-refractivity contribution in [1.82, 2.24) is 5.32 Å². The van der Waals surface area contributed by atoms with Crippen molar-refractivity contribution in [2.75, 3.05) is 23.9 Å². The van der Waals surface area contributed by atoms with E-state index >= 15 is 0 Å². The minimum absolute atomic E-state index is 0.210. The predicted molar refractivity (Wildman–Crippen MR) is 91.5 cm³/mol. The molecule has 0 aliphatic carbocycles. The first-order valence-corrected chi connectivity index (χ1v) is 7.75. The van der Waals surface area contributed by atoms with Gasteiger partial charge >= 0.3 is 6.03 Å². The summed E-state index contributed by atoms with van der Waals surface area (Å²) in [7, 11) is 1.56. The van der Waals surface area contributed by atoms with Gasteiger partial charge in [-0.05, 0) is 11.5 Å². The summed E-state index contributed by atoms with van der Waals surface area (Å²) in [6, 6.07) is 3.04. The van der Waals surface area contributed by atoms with Gasteiger partial charge in [0, 0.05) is 31.5 Å². The molecule has 1 heterocycles. The summed E-state index contributed by atoms with van der Waals surface area (Å²) in [5.74, 6) is 0.0701. The monoisotopic (exact) mass is 333 g/mol. The molecule has 0 unspecified atom stereocenters. The van der Waals surface area contributed by atoms with Crippen LogP contribution in [0.4, 0.5) is 16.2 Å². The van der Waals surface area contributed by atoms with Crippen molar-refractivity contribution in [3.63, 3.8) is 0 Å². The summed E-state index contributed by atoms with van der Waals surface area (Å²) in [4.78, 5) is 36.6. The molecule has 130 valence electrons. The van der Waals surface area contributed by atoms with E-state index in [0.29, 0.717) is 17.1 Å². The molecule has 0 radical (unpaired) electrons. The van der Waals surface area contributed by atoms with Crippen LogP contribution in [0.2, 0.25) is 0 Å². The van der Waals surface area contributed by atoms with Crippen molar-refractivity contribution in [3.8, 4) is 5.75 Å². The lowest BCUT2D eigenvalue weighted by atomic mass is 9.85. The van der Waals surface area contributed by atoms with Crippen LogP contribution in [0, 0.1) is 0 Å². The summed E-state index contributed by atoms with van der Waals surface area (Å²) in [5, 5.41) is 5.03. The van der Waals surface area contributed by atoms with E-state index in [1.807, 2.05) is 26.8 Å². The molecule has 1 aliphatic heterocycles. The number of rotatable bonds is 3. The normalized spacial score (nSPS) is 15.1. The van der Waals surface area contributed by atoms with E-state index in [1.165, 1.54) is 11.8 Å². The lowest BCUT2D eigenvalue weighted by molar-refractivity contribution is -0.120. The average molecular weight is 333 g/mol.